The van der Waals surface area contributed by atoms with E-state index < -0.39 is 17.8 Å². The van der Waals surface area contributed by atoms with E-state index in [1.807, 2.05) is 0 Å². The second-order valence-corrected chi connectivity index (χ2v) is 4.98. The van der Waals surface area contributed by atoms with Crippen molar-refractivity contribution in [2.75, 3.05) is 0 Å². The average Bonchev–Trinajstić information content (AvgIpc) is 2.53. The molecule has 0 fully saturated rings. The van der Waals surface area contributed by atoms with E-state index in [0.717, 1.165) is 11.1 Å². The summed E-state index contributed by atoms with van der Waals surface area (Å²) in [6.45, 7) is 1.93. The Morgan fingerprint density at radius 3 is 2.17 bits per heavy atom. The number of aromatic carboxylic acids is 2. The van der Waals surface area contributed by atoms with Gasteiger partial charge in [0.15, 0.2) is 0 Å². The zero-order valence-corrected chi connectivity index (χ0v) is 12.4. The highest BCUT2D eigenvalue weighted by Crippen LogP contribution is 2.13. The van der Waals surface area contributed by atoms with Gasteiger partial charge in [0.05, 0.1) is 16.7 Å². The van der Waals surface area contributed by atoms with E-state index in [1.165, 1.54) is 24.3 Å². The summed E-state index contributed by atoms with van der Waals surface area (Å²) in [7, 11) is 0. The Bertz CT molecular complexity index is 782. The van der Waals surface area contributed by atoms with Crippen molar-refractivity contribution in [2.45, 2.75) is 13.5 Å². The molecule has 0 heterocycles. The first-order valence-electron chi connectivity index (χ1n) is 6.83. The quantitative estimate of drug-likeness (QED) is 0.786. The zero-order chi connectivity index (χ0) is 17.0. The number of aryl methyl sites for hydroxylation is 1. The number of nitrogens with one attached hydrogen (secondary N) is 1. The second-order valence-electron chi connectivity index (χ2n) is 4.98. The first-order chi connectivity index (χ1) is 10.9. The Morgan fingerprint density at radius 1 is 0.957 bits per heavy atom. The van der Waals surface area contributed by atoms with Gasteiger partial charge in [0.25, 0.3) is 5.91 Å². The number of hydrogen-bond acceptors (Lipinski definition) is 3. The molecular weight excluding hydrogens is 298 g/mol. The molecule has 0 atom stereocenters. The highest BCUT2D eigenvalue weighted by atomic mass is 16.4. The lowest BCUT2D eigenvalue weighted by Crippen LogP contribution is -2.25. The predicted octanol–water partition coefficient (Wildman–Crippen LogP) is 2.32. The van der Waals surface area contributed by atoms with Crippen molar-refractivity contribution in [3.05, 3.63) is 70.3 Å². The van der Waals surface area contributed by atoms with Gasteiger partial charge in [-0.25, -0.2) is 9.59 Å². The molecule has 0 aromatic heterocycles. The van der Waals surface area contributed by atoms with E-state index >= 15 is 0 Å². The van der Waals surface area contributed by atoms with Gasteiger partial charge in [0.1, 0.15) is 0 Å². The van der Waals surface area contributed by atoms with Crippen molar-refractivity contribution in [1.29, 1.82) is 0 Å². The summed E-state index contributed by atoms with van der Waals surface area (Å²) in [4.78, 5) is 34.2. The molecule has 118 valence electrons. The van der Waals surface area contributed by atoms with Crippen molar-refractivity contribution in [3.8, 4) is 0 Å². The highest BCUT2D eigenvalue weighted by Gasteiger charge is 2.15. The summed E-state index contributed by atoms with van der Waals surface area (Å²) in [5.74, 6) is -2.68. The largest absolute Gasteiger partial charge is 0.478 e. The Morgan fingerprint density at radius 2 is 1.61 bits per heavy atom. The number of carboxylic acids is 2. The fraction of sp³-hybridized carbons (Fsp3) is 0.118. The number of carboxylic acid groups (broad SMARTS) is 2. The average molecular weight is 313 g/mol. The second kappa shape index (κ2) is 6.74. The van der Waals surface area contributed by atoms with Crippen LogP contribution in [0.5, 0.6) is 0 Å². The van der Waals surface area contributed by atoms with E-state index in [2.05, 4.69) is 5.32 Å². The van der Waals surface area contributed by atoms with E-state index in [4.69, 9.17) is 10.2 Å². The maximum Gasteiger partial charge on any atom is 0.336 e. The molecule has 2 rings (SSSR count). The molecule has 1 amide bonds. The van der Waals surface area contributed by atoms with Gasteiger partial charge in [0.2, 0.25) is 0 Å². The van der Waals surface area contributed by atoms with Crippen molar-refractivity contribution in [3.63, 3.8) is 0 Å². The minimum Gasteiger partial charge on any atom is -0.478 e. The SMILES string of the molecule is Cc1cc(C(=O)O)ccc1CNC(=O)c1ccccc1C(=O)O. The van der Waals surface area contributed by atoms with Crippen LogP contribution in [-0.4, -0.2) is 28.1 Å². The molecule has 0 saturated heterocycles. The third-order valence-corrected chi connectivity index (χ3v) is 3.43. The summed E-state index contributed by atoms with van der Waals surface area (Å²) in [5.41, 5.74) is 1.68. The van der Waals surface area contributed by atoms with Gasteiger partial charge in [-0.3, -0.25) is 4.79 Å². The molecule has 0 radical (unpaired) electrons. The number of rotatable bonds is 5. The molecule has 0 spiro atoms. The van der Waals surface area contributed by atoms with Gasteiger partial charge in [-0.15, -0.1) is 0 Å². The normalized spacial score (nSPS) is 10.1. The molecule has 0 bridgehead atoms. The summed E-state index contributed by atoms with van der Waals surface area (Å²) in [5, 5.41) is 20.7. The molecule has 0 saturated carbocycles. The van der Waals surface area contributed by atoms with Gasteiger partial charge in [-0.1, -0.05) is 18.2 Å². The van der Waals surface area contributed by atoms with Gasteiger partial charge < -0.3 is 15.5 Å². The smallest absolute Gasteiger partial charge is 0.336 e. The van der Waals surface area contributed by atoms with Crippen LogP contribution in [0.25, 0.3) is 0 Å². The highest BCUT2D eigenvalue weighted by molar-refractivity contribution is 6.04. The van der Waals surface area contributed by atoms with Gasteiger partial charge in [-0.05, 0) is 42.3 Å². The number of carbonyl (C=O) groups is 3. The van der Waals surface area contributed by atoms with E-state index in [-0.39, 0.29) is 23.2 Å². The minimum atomic E-state index is -1.17. The molecule has 2 aromatic rings. The van der Waals surface area contributed by atoms with Gasteiger partial charge in [-0.2, -0.15) is 0 Å². The first kappa shape index (κ1) is 16.2. The van der Waals surface area contributed by atoms with Crippen LogP contribution in [0.2, 0.25) is 0 Å². The van der Waals surface area contributed by atoms with Crippen LogP contribution in [0.3, 0.4) is 0 Å². The van der Waals surface area contributed by atoms with Gasteiger partial charge >= 0.3 is 11.9 Å². The van der Waals surface area contributed by atoms with Crippen molar-refractivity contribution in [2.24, 2.45) is 0 Å². The maximum absolute atomic E-state index is 12.2. The number of carbonyl (C=O) groups excluding carboxylic acids is 1. The molecule has 0 unspecified atom stereocenters. The Kier molecular flexibility index (Phi) is 4.75. The topological polar surface area (TPSA) is 104 Å². The van der Waals surface area contributed by atoms with Gasteiger partial charge in [0, 0.05) is 6.54 Å². The number of amides is 1. The van der Waals surface area contributed by atoms with E-state index in [9.17, 15) is 14.4 Å². The first-order valence-corrected chi connectivity index (χ1v) is 6.83. The van der Waals surface area contributed by atoms with Crippen LogP contribution >= 0.6 is 0 Å². The van der Waals surface area contributed by atoms with Crippen LogP contribution in [0.4, 0.5) is 0 Å². The number of benzene rings is 2. The van der Waals surface area contributed by atoms with Crippen LogP contribution in [-0.2, 0) is 6.54 Å². The molecule has 23 heavy (non-hydrogen) atoms. The standard InChI is InChI=1S/C17H15NO5/c1-10-8-11(16(20)21)6-7-12(10)9-18-15(19)13-4-2-3-5-14(13)17(22)23/h2-8H,9H2,1H3,(H,18,19)(H,20,21)(H,22,23). The molecule has 0 aliphatic heterocycles. The third kappa shape index (κ3) is 3.74. The third-order valence-electron chi connectivity index (χ3n) is 3.43. The van der Waals surface area contributed by atoms with Crippen molar-refractivity contribution in [1.82, 2.24) is 5.32 Å². The van der Waals surface area contributed by atoms with Crippen molar-refractivity contribution < 1.29 is 24.6 Å². The Labute approximate surface area is 132 Å². The molecular formula is C17H15NO5. The molecule has 0 aliphatic carbocycles. The Hall–Kier alpha value is -3.15. The molecule has 3 N–H and O–H groups in total. The minimum absolute atomic E-state index is 0.0667. The monoisotopic (exact) mass is 313 g/mol. The summed E-state index contributed by atoms with van der Waals surface area (Å²) < 4.78 is 0. The van der Waals surface area contributed by atoms with Crippen LogP contribution < -0.4 is 5.32 Å². The maximum atomic E-state index is 12.2. The number of hydrogen-bond donors (Lipinski definition) is 3. The van der Waals surface area contributed by atoms with Crippen LogP contribution in [0.1, 0.15) is 42.2 Å². The lowest BCUT2D eigenvalue weighted by molar-refractivity contribution is 0.0684. The molecule has 6 nitrogen and oxygen atoms in total. The summed E-state index contributed by atoms with van der Waals surface area (Å²) in [6.07, 6.45) is 0. The van der Waals surface area contributed by atoms with Crippen LogP contribution in [0, 0.1) is 6.92 Å². The van der Waals surface area contributed by atoms with Crippen LogP contribution in [0.15, 0.2) is 42.5 Å². The van der Waals surface area contributed by atoms with E-state index in [0.29, 0.717) is 0 Å². The molecule has 2 aromatic carbocycles. The van der Waals surface area contributed by atoms with Crippen molar-refractivity contribution >= 4 is 17.8 Å². The lowest BCUT2D eigenvalue weighted by Gasteiger charge is -2.10. The lowest BCUT2D eigenvalue weighted by atomic mass is 10.0. The fourth-order valence-electron chi connectivity index (χ4n) is 2.17. The molecule has 0 aliphatic rings. The van der Waals surface area contributed by atoms with E-state index in [1.54, 1.807) is 25.1 Å². The summed E-state index contributed by atoms with van der Waals surface area (Å²) in [6, 6.07) is 10.6. The zero-order valence-electron chi connectivity index (χ0n) is 12.4. The summed E-state index contributed by atoms with van der Waals surface area (Å²) >= 11 is 0. The molecule has 6 heteroatoms. The Balaban J connectivity index is 2.14. The fourth-order valence-corrected chi connectivity index (χ4v) is 2.17. The predicted molar refractivity (Wildman–Crippen MR) is 82.7 cm³/mol.